The molecule has 0 saturated heterocycles. The first-order valence-corrected chi connectivity index (χ1v) is 5.66. The highest BCUT2D eigenvalue weighted by molar-refractivity contribution is 6.33. The lowest BCUT2D eigenvalue weighted by Gasteiger charge is -2.10. The van der Waals surface area contributed by atoms with Crippen molar-refractivity contribution in [3.8, 4) is 22.8 Å². The Kier molecular flexibility index (Phi) is 3.34. The number of aromatic nitrogens is 2. The van der Waals surface area contributed by atoms with Crippen LogP contribution in [0.2, 0.25) is 5.02 Å². The highest BCUT2D eigenvalue weighted by atomic mass is 35.5. The van der Waals surface area contributed by atoms with Crippen LogP contribution in [0.15, 0.2) is 18.2 Å². The summed E-state index contributed by atoms with van der Waals surface area (Å²) in [6, 6.07) is 5.23. The Morgan fingerprint density at radius 1 is 1.17 bits per heavy atom. The number of anilines is 1. The molecule has 1 heterocycles. The summed E-state index contributed by atoms with van der Waals surface area (Å²) in [5.74, 6) is 1.74. The number of nitrogen functional groups attached to an aromatic ring is 1. The fraction of sp³-hybridized carbons (Fsp3) is 0.250. The van der Waals surface area contributed by atoms with Crippen molar-refractivity contribution in [1.29, 1.82) is 0 Å². The summed E-state index contributed by atoms with van der Waals surface area (Å²) in [5.41, 5.74) is 7.20. The fourth-order valence-electron chi connectivity index (χ4n) is 1.66. The van der Waals surface area contributed by atoms with E-state index in [1.807, 2.05) is 0 Å². The van der Waals surface area contributed by atoms with Crippen molar-refractivity contribution in [2.75, 3.05) is 20.0 Å². The molecule has 0 aliphatic carbocycles. The third-order valence-electron chi connectivity index (χ3n) is 2.67. The average molecular weight is 268 g/mol. The summed E-state index contributed by atoms with van der Waals surface area (Å²) in [7, 11) is 4.91. The molecule has 0 fully saturated rings. The topological polar surface area (TPSA) is 62.3 Å². The van der Waals surface area contributed by atoms with E-state index >= 15 is 0 Å². The fourth-order valence-corrected chi connectivity index (χ4v) is 1.91. The second kappa shape index (κ2) is 4.78. The third kappa shape index (κ3) is 2.09. The molecule has 0 bridgehead atoms. The lowest BCUT2D eigenvalue weighted by atomic mass is 10.1. The van der Waals surface area contributed by atoms with Crippen molar-refractivity contribution >= 4 is 17.4 Å². The Morgan fingerprint density at radius 2 is 1.78 bits per heavy atom. The summed E-state index contributed by atoms with van der Waals surface area (Å²) in [6.45, 7) is 0. The van der Waals surface area contributed by atoms with Gasteiger partial charge in [0, 0.05) is 24.7 Å². The number of nitrogens with two attached hydrogens (primary N) is 1. The molecule has 1 aromatic heterocycles. The number of nitrogens with zero attached hydrogens (tertiary/aromatic N) is 2. The largest absolute Gasteiger partial charge is 0.493 e. The molecule has 5 nitrogen and oxygen atoms in total. The summed E-state index contributed by atoms with van der Waals surface area (Å²) in [5, 5.41) is 4.82. The molecule has 0 saturated carbocycles. The zero-order valence-corrected chi connectivity index (χ0v) is 11.2. The van der Waals surface area contributed by atoms with E-state index in [4.69, 9.17) is 26.8 Å². The highest BCUT2D eigenvalue weighted by Gasteiger charge is 2.14. The van der Waals surface area contributed by atoms with Gasteiger partial charge in [0.15, 0.2) is 11.5 Å². The second-order valence-corrected chi connectivity index (χ2v) is 4.17. The van der Waals surface area contributed by atoms with E-state index in [1.165, 1.54) is 0 Å². The van der Waals surface area contributed by atoms with Crippen molar-refractivity contribution in [2.45, 2.75) is 0 Å². The van der Waals surface area contributed by atoms with Gasteiger partial charge in [0.1, 0.15) is 5.82 Å². The Balaban J connectivity index is 2.57. The molecule has 0 aliphatic heterocycles. The van der Waals surface area contributed by atoms with Crippen molar-refractivity contribution in [1.82, 2.24) is 9.78 Å². The standard InChI is InChI=1S/C12H14ClN3O2/c1-16-12(14)6-9(15-16)7-4-10(17-2)11(18-3)5-8(7)13/h4-6H,14H2,1-3H3. The maximum absolute atomic E-state index is 6.21. The second-order valence-electron chi connectivity index (χ2n) is 3.77. The van der Waals surface area contributed by atoms with Gasteiger partial charge in [-0.2, -0.15) is 5.10 Å². The van der Waals surface area contributed by atoms with Crippen LogP contribution in [0.3, 0.4) is 0 Å². The molecule has 0 unspecified atom stereocenters. The van der Waals surface area contributed by atoms with E-state index in [9.17, 15) is 0 Å². The Morgan fingerprint density at radius 3 is 2.28 bits per heavy atom. The van der Waals surface area contributed by atoms with Crippen LogP contribution in [0.5, 0.6) is 11.5 Å². The molecular weight excluding hydrogens is 254 g/mol. The Hall–Kier alpha value is -1.88. The first-order chi connectivity index (χ1) is 8.56. The Labute approximate surface area is 110 Å². The molecule has 2 aromatic rings. The molecule has 0 amide bonds. The SMILES string of the molecule is COc1cc(Cl)c(-c2cc(N)n(C)n2)cc1OC. The summed E-state index contributed by atoms with van der Waals surface area (Å²) < 4.78 is 12.0. The lowest BCUT2D eigenvalue weighted by molar-refractivity contribution is 0.355. The molecule has 0 atom stereocenters. The van der Waals surface area contributed by atoms with Crippen LogP contribution < -0.4 is 15.2 Å². The van der Waals surface area contributed by atoms with Gasteiger partial charge in [0.2, 0.25) is 0 Å². The van der Waals surface area contributed by atoms with Gasteiger partial charge in [-0.3, -0.25) is 4.68 Å². The maximum Gasteiger partial charge on any atom is 0.162 e. The normalized spacial score (nSPS) is 10.4. The van der Waals surface area contributed by atoms with E-state index in [2.05, 4.69) is 5.10 Å². The molecule has 2 rings (SSSR count). The monoisotopic (exact) mass is 267 g/mol. The van der Waals surface area contributed by atoms with Crippen LogP contribution in [-0.2, 0) is 7.05 Å². The van der Waals surface area contributed by atoms with Gasteiger partial charge < -0.3 is 15.2 Å². The first-order valence-electron chi connectivity index (χ1n) is 5.28. The van der Waals surface area contributed by atoms with Gasteiger partial charge >= 0.3 is 0 Å². The van der Waals surface area contributed by atoms with Gasteiger partial charge in [-0.05, 0) is 6.07 Å². The quantitative estimate of drug-likeness (QED) is 0.927. The van der Waals surface area contributed by atoms with Crippen LogP contribution in [0.1, 0.15) is 0 Å². The van der Waals surface area contributed by atoms with Gasteiger partial charge in [-0.15, -0.1) is 0 Å². The first kappa shape index (κ1) is 12.6. The predicted octanol–water partition coefficient (Wildman–Crippen LogP) is 2.34. The number of halogens is 1. The smallest absolute Gasteiger partial charge is 0.162 e. The number of hydrogen-bond donors (Lipinski definition) is 1. The minimum atomic E-state index is 0.533. The van der Waals surface area contributed by atoms with Gasteiger partial charge in [0.05, 0.1) is 24.9 Å². The number of hydrogen-bond acceptors (Lipinski definition) is 4. The van der Waals surface area contributed by atoms with Crippen molar-refractivity contribution in [2.24, 2.45) is 7.05 Å². The van der Waals surface area contributed by atoms with Gasteiger partial charge in [-0.25, -0.2) is 0 Å². The molecule has 0 radical (unpaired) electrons. The molecular formula is C12H14ClN3O2. The molecule has 0 spiro atoms. The van der Waals surface area contributed by atoms with E-state index < -0.39 is 0 Å². The minimum absolute atomic E-state index is 0.533. The van der Waals surface area contributed by atoms with Crippen LogP contribution in [0.4, 0.5) is 5.82 Å². The van der Waals surface area contributed by atoms with Crippen molar-refractivity contribution < 1.29 is 9.47 Å². The molecule has 6 heteroatoms. The molecule has 18 heavy (non-hydrogen) atoms. The summed E-state index contributed by atoms with van der Waals surface area (Å²) in [4.78, 5) is 0. The molecule has 0 aliphatic rings. The third-order valence-corrected chi connectivity index (χ3v) is 2.98. The summed E-state index contributed by atoms with van der Waals surface area (Å²) >= 11 is 6.21. The van der Waals surface area contributed by atoms with E-state index in [0.29, 0.717) is 28.0 Å². The van der Waals surface area contributed by atoms with Crippen LogP contribution in [-0.4, -0.2) is 24.0 Å². The number of benzene rings is 1. The van der Waals surface area contributed by atoms with Crippen molar-refractivity contribution in [3.05, 3.63) is 23.2 Å². The van der Waals surface area contributed by atoms with Crippen LogP contribution in [0.25, 0.3) is 11.3 Å². The number of methoxy groups -OCH3 is 2. The molecule has 1 aromatic carbocycles. The lowest BCUT2D eigenvalue weighted by Crippen LogP contribution is -1.96. The van der Waals surface area contributed by atoms with Crippen LogP contribution in [0, 0.1) is 0 Å². The van der Waals surface area contributed by atoms with Crippen molar-refractivity contribution in [3.63, 3.8) is 0 Å². The highest BCUT2D eigenvalue weighted by Crippen LogP contribution is 2.38. The molecule has 2 N–H and O–H groups in total. The predicted molar refractivity (Wildman–Crippen MR) is 71.2 cm³/mol. The molecule has 96 valence electrons. The van der Waals surface area contributed by atoms with Gasteiger partial charge in [-0.1, -0.05) is 11.6 Å². The number of ether oxygens (including phenoxy) is 2. The Bertz CT molecular complexity index is 561. The van der Waals surface area contributed by atoms with Crippen LogP contribution >= 0.6 is 11.6 Å². The van der Waals surface area contributed by atoms with E-state index in [-0.39, 0.29) is 0 Å². The van der Waals surface area contributed by atoms with E-state index in [0.717, 1.165) is 5.56 Å². The average Bonchev–Trinajstić information content (AvgIpc) is 2.69. The summed E-state index contributed by atoms with van der Waals surface area (Å²) in [6.07, 6.45) is 0. The van der Waals surface area contributed by atoms with E-state index in [1.54, 1.807) is 44.1 Å². The number of aryl methyl sites for hydroxylation is 1. The maximum atomic E-state index is 6.21. The zero-order chi connectivity index (χ0) is 13.3. The van der Waals surface area contributed by atoms with Gasteiger partial charge in [0.25, 0.3) is 0 Å². The zero-order valence-electron chi connectivity index (χ0n) is 10.4. The number of rotatable bonds is 3. The minimum Gasteiger partial charge on any atom is -0.493 e.